The van der Waals surface area contributed by atoms with Gasteiger partial charge < -0.3 is 82.6 Å². The van der Waals surface area contributed by atoms with E-state index in [9.17, 15) is 67.1 Å². The van der Waals surface area contributed by atoms with Crippen molar-refractivity contribution in [2.45, 2.75) is 242 Å². The number of nitrogen functional groups attached to an aromatic ring is 1. The highest BCUT2D eigenvalue weighted by Crippen LogP contribution is 2.45. The van der Waals surface area contributed by atoms with Crippen LogP contribution in [0.2, 0.25) is 25.1 Å². The summed E-state index contributed by atoms with van der Waals surface area (Å²) >= 11 is 40.1. The Balaban J connectivity index is 0.000000176. The Morgan fingerprint density at radius 3 is 1.07 bits per heavy atom. The average Bonchev–Trinajstić information content (AvgIpc) is 1.59. The number of primary amides is 1. The molecule has 5 fully saturated rings. The second kappa shape index (κ2) is 47.0. The van der Waals surface area contributed by atoms with E-state index in [1.165, 1.54) is 63.0 Å². The molecule has 13 heterocycles. The average molecular weight is 2280 g/mol. The summed E-state index contributed by atoms with van der Waals surface area (Å²) in [6.07, 6.45) is 19.4. The Morgan fingerprint density at radius 1 is 0.451 bits per heavy atom. The van der Waals surface area contributed by atoms with Gasteiger partial charge in [-0.25, -0.2) is 49.3 Å². The number of carbonyl (C=O) groups excluding carboxylic acids is 9. The van der Waals surface area contributed by atoms with Gasteiger partial charge in [0.15, 0.2) is 0 Å². The van der Waals surface area contributed by atoms with Crippen LogP contribution in [-0.2, 0) is 41.7 Å². The maximum atomic E-state index is 13.4. The fourth-order valence-electron chi connectivity index (χ4n) is 17.8. The number of ketones is 1. The highest BCUT2D eigenvalue weighted by molar-refractivity contribution is 9.11. The number of Topliss-reactive ketones (excluding diaryl/α,β-unsaturated/α-hetero) is 1. The number of nitrogens with one attached hydrogen (secondary N) is 9. The summed E-state index contributed by atoms with van der Waals surface area (Å²) in [4.78, 5) is 201. The molecule has 8 aromatic rings. The highest BCUT2D eigenvalue weighted by Gasteiger charge is 2.53. The fourth-order valence-corrected chi connectivity index (χ4v) is 20.7. The van der Waals surface area contributed by atoms with Crippen molar-refractivity contribution in [3.8, 4) is 0 Å². The lowest BCUT2D eigenvalue weighted by Gasteiger charge is -2.41. The topological polar surface area (TPSA) is 541 Å². The van der Waals surface area contributed by atoms with Crippen LogP contribution in [0.4, 0.5) is 43.2 Å². The fraction of sp³-hybridized carbons (Fsp3) is 0.495. The van der Waals surface area contributed by atoms with E-state index >= 15 is 0 Å². The van der Waals surface area contributed by atoms with Crippen molar-refractivity contribution in [3.63, 3.8) is 0 Å². The highest BCUT2D eigenvalue weighted by atomic mass is 79.9. The maximum Gasteiger partial charge on any atom is 0.410 e. The first-order chi connectivity index (χ1) is 66.2. The minimum atomic E-state index is -0.901. The smallest absolute Gasteiger partial charge is 0.410 e. The number of hydrogen-bond acceptors (Lipinski definition) is 29. The van der Waals surface area contributed by atoms with Crippen molar-refractivity contribution >= 4 is 201 Å². The van der Waals surface area contributed by atoms with Gasteiger partial charge in [0.2, 0.25) is 0 Å². The SMILES string of the molecule is CN(C(=O)OC(C)(C)C)C1CCC(=O)CC1.CN(C(=O)OC(C)(C)C)C1CCC2(CC1)NC(=O)c1c(Cl)cc(Br)c(=O)n12.CN(C(=O)OC(C)(C)C)C1CCC2(CC1)NC(=O)c1c(Cl)cc(Nc3ccncn3)c(=O)n12.CNC1CCC2(CC1)NC(=O)c1c(Cl)cc(Br)c(=O)n12.CNN1CCC2(CC1)NC(=O)c1c(Cl)cc(Nc3ccncn3)c(=O)n12.Cl.NC(=O)c1[nH]c(=O)c(Br)cc1Cl.Nc1ccncn1. The molecule has 0 aromatic carbocycles. The number of hydrogen-bond donors (Lipinski definition) is 11. The molecule has 42 nitrogen and oxygen atoms in total. The van der Waals surface area contributed by atoms with Gasteiger partial charge in [-0.3, -0.25) is 76.4 Å². The molecule has 142 heavy (non-hydrogen) atoms. The molecular formula is C91H114Br3Cl6N25O17. The Hall–Kier alpha value is -10.7. The number of piperidine rings is 1. The van der Waals surface area contributed by atoms with Crippen LogP contribution in [-0.4, -0.2) is 216 Å². The number of ether oxygens (including phenoxy) is 3. The van der Waals surface area contributed by atoms with Crippen LogP contribution in [0.1, 0.15) is 230 Å². The molecule has 17 rings (SSSR count). The molecule has 4 saturated carbocycles. The summed E-state index contributed by atoms with van der Waals surface area (Å²) < 4.78 is 23.2. The molecule has 1 saturated heterocycles. The molecule has 0 atom stereocenters. The van der Waals surface area contributed by atoms with Gasteiger partial charge in [0.1, 0.15) is 122 Å². The number of anilines is 5. The van der Waals surface area contributed by atoms with Gasteiger partial charge in [-0.05, 0) is 263 Å². The van der Waals surface area contributed by atoms with Gasteiger partial charge >= 0.3 is 18.3 Å². The second-order valence-corrected chi connectivity index (χ2v) is 42.4. The third-order valence-electron chi connectivity index (χ3n) is 24.9. The number of aromatic nitrogens is 11. The Bertz CT molecular complexity index is 6350. The van der Waals surface area contributed by atoms with E-state index in [4.69, 9.17) is 83.7 Å². The number of pyridine rings is 5. The van der Waals surface area contributed by atoms with E-state index in [0.717, 1.165) is 38.5 Å². The van der Waals surface area contributed by atoms with Crippen LogP contribution in [0.25, 0.3) is 0 Å². The first-order valence-electron chi connectivity index (χ1n) is 45.1. The molecule has 768 valence electrons. The number of aromatic amines is 1. The van der Waals surface area contributed by atoms with Crippen molar-refractivity contribution in [2.24, 2.45) is 5.73 Å². The van der Waals surface area contributed by atoms with E-state index in [-0.39, 0.29) is 153 Å². The number of nitrogens with two attached hydrogens (primary N) is 2. The number of carbonyl (C=O) groups is 9. The minimum absolute atomic E-state index is 0. The van der Waals surface area contributed by atoms with Crippen molar-refractivity contribution in [1.82, 2.24) is 105 Å². The molecule has 4 spiro atoms. The quantitative estimate of drug-likeness (QED) is 0.0566. The summed E-state index contributed by atoms with van der Waals surface area (Å²) in [5, 5.41) is 24.2. The molecule has 8 aromatic heterocycles. The molecule has 0 unspecified atom stereocenters. The number of fused-ring (bicyclic) bond motifs is 8. The van der Waals surface area contributed by atoms with Crippen LogP contribution in [0.15, 0.2) is 123 Å². The Kier molecular flexibility index (Phi) is 37.5. The molecule has 4 aliphatic carbocycles. The van der Waals surface area contributed by atoms with Crippen molar-refractivity contribution in [1.29, 1.82) is 0 Å². The van der Waals surface area contributed by atoms with E-state index in [0.29, 0.717) is 133 Å². The van der Waals surface area contributed by atoms with Crippen LogP contribution < -0.4 is 81.9 Å². The zero-order valence-electron chi connectivity index (χ0n) is 80.3. The summed E-state index contributed by atoms with van der Waals surface area (Å²) in [7, 11) is 8.96. The van der Waals surface area contributed by atoms with E-state index < -0.39 is 57.0 Å². The zero-order chi connectivity index (χ0) is 104. The molecule has 51 heteroatoms. The van der Waals surface area contributed by atoms with Crippen LogP contribution >= 0.6 is 118 Å². The monoisotopic (exact) mass is 2280 g/mol. The number of H-pyrrole nitrogens is 1. The number of hydrazine groups is 1. The largest absolute Gasteiger partial charge is 0.444 e. The predicted octanol–water partition coefficient (Wildman–Crippen LogP) is 12.9. The first-order valence-corrected chi connectivity index (χ1v) is 49.4. The lowest BCUT2D eigenvalue weighted by atomic mass is 9.85. The molecule has 5 aliphatic heterocycles. The maximum absolute atomic E-state index is 13.4. The molecule has 8 amide bonds. The third kappa shape index (κ3) is 26.7. The molecule has 0 bridgehead atoms. The van der Waals surface area contributed by atoms with Gasteiger partial charge in [0.25, 0.3) is 57.3 Å². The van der Waals surface area contributed by atoms with Crippen LogP contribution in [0.3, 0.4) is 0 Å². The summed E-state index contributed by atoms with van der Waals surface area (Å²) in [6, 6.07) is 12.6. The first kappa shape index (κ1) is 113. The van der Waals surface area contributed by atoms with Crippen molar-refractivity contribution in [2.75, 3.05) is 64.7 Å². The number of rotatable bonds is 10. The third-order valence-corrected chi connectivity index (χ3v) is 28.0. The Labute approximate surface area is 873 Å². The number of nitrogens with zero attached hydrogens (tertiary/aromatic N) is 14. The van der Waals surface area contributed by atoms with Crippen molar-refractivity contribution in [3.05, 3.63) is 205 Å². The van der Waals surface area contributed by atoms with Crippen LogP contribution in [0, 0.1) is 0 Å². The predicted molar refractivity (Wildman–Crippen MR) is 548 cm³/mol. The van der Waals surface area contributed by atoms with Gasteiger partial charge in [0.05, 0.1) is 38.5 Å². The standard InChI is InChI=1S/C22H27ClN6O4.C18H23BrClN3O4.C16H18ClN7O2.C13H15BrClN3O2.C12H21NO3.C6H4BrClN2O2.C4H5N3.ClH/c1-21(2,3)33-20(32)28(4)13-5-8-22(9-6-13)27-18(30)17-14(23)11-15(19(31)29(17)22)26-16-7-10-24-12-25-16;1-17(2,3)27-16(26)22(4)10-5-7-18(8-6-10)21-14(24)13-12(20)9-11(19)15(25)23(13)18;1-18-23-6-3-16(4-7-23)22-14(25)13-10(17)8-11(15(26)24(13)16)21-12-2-5-19-9-20-12;1-16-7-2-4-13(5-3-7)17-11(19)10-9(15)6-8(14)12(20)18(10)13;1-12(2,3)16-11(15)13(4)9-5-7-10(14)8-6-9;7-2-1-3(8)4(5(9)11)10-6(2)12;5-4-1-2-6-3-7-4;/h7,10-13H,5-6,8-9H2,1-4H3,(H,27,30)(H,24,25,26);9-10H,5-8H2,1-4H3,(H,21,24);2,5,8-9,18H,3-4,6-7H2,1H3,(H,22,25)(H,19,20,21);6-7,16H,2-5H2,1H3,(H,17,19);9H,5-8H2,1-4H3;1H,(H2,9,11)(H,10,12);1-3H,(H2,5,6,7);1H. The lowest BCUT2D eigenvalue weighted by Crippen LogP contribution is -2.56. The Morgan fingerprint density at radius 2 is 0.768 bits per heavy atom. The molecule has 9 aliphatic rings. The number of halogens is 9. The lowest BCUT2D eigenvalue weighted by molar-refractivity contribution is -0.121. The molecular weight excluding hydrogens is 2170 g/mol. The van der Waals surface area contributed by atoms with E-state index in [1.54, 1.807) is 77.2 Å². The number of amides is 8. The minimum Gasteiger partial charge on any atom is -0.444 e. The van der Waals surface area contributed by atoms with Gasteiger partial charge in [0, 0.05) is 103 Å². The summed E-state index contributed by atoms with van der Waals surface area (Å²) in [6.45, 7) is 17.9. The summed E-state index contributed by atoms with van der Waals surface area (Å²) in [5.74, 6) is -0.347. The van der Waals surface area contributed by atoms with Gasteiger partial charge in [-0.1, -0.05) is 58.0 Å². The zero-order valence-corrected chi connectivity index (χ0v) is 89.7. The summed E-state index contributed by atoms with van der Waals surface area (Å²) in [5.41, 5.74) is 8.17. The second-order valence-electron chi connectivity index (χ2n) is 37.8. The van der Waals surface area contributed by atoms with Crippen LogP contribution in [0.5, 0.6) is 0 Å². The van der Waals surface area contributed by atoms with Gasteiger partial charge in [-0.15, -0.1) is 12.4 Å². The molecule has 13 N–H and O–H groups in total. The normalized spacial score (nSPS) is 20.5. The van der Waals surface area contributed by atoms with Crippen molar-refractivity contribution < 1.29 is 57.4 Å². The van der Waals surface area contributed by atoms with E-state index in [1.807, 2.05) is 81.4 Å². The van der Waals surface area contributed by atoms with Gasteiger partial charge in [-0.2, -0.15) is 0 Å². The van der Waals surface area contributed by atoms with E-state index in [2.05, 4.69) is 125 Å². The molecule has 0 radical (unpaired) electrons.